The van der Waals surface area contributed by atoms with Crippen molar-refractivity contribution >= 4 is 10.0 Å². The molecule has 0 aromatic carbocycles. The molecule has 0 spiro atoms. The minimum Gasteiger partial charge on any atom is -0.381 e. The Morgan fingerprint density at radius 2 is 1.26 bits per heavy atom. The van der Waals surface area contributed by atoms with Gasteiger partial charge < -0.3 is 4.74 Å². The van der Waals surface area contributed by atoms with Gasteiger partial charge in [-0.3, -0.25) is 0 Å². The molecule has 0 saturated carbocycles. The van der Waals surface area contributed by atoms with Crippen molar-refractivity contribution in [3.05, 3.63) is 0 Å². The number of primary sulfonamides is 1. The van der Waals surface area contributed by atoms with Crippen LogP contribution in [-0.4, -0.2) is 27.4 Å². The van der Waals surface area contributed by atoms with Gasteiger partial charge in [0.05, 0.1) is 5.75 Å². The van der Waals surface area contributed by atoms with E-state index < -0.39 is 10.0 Å². The molecule has 4 nitrogen and oxygen atoms in total. The van der Waals surface area contributed by atoms with Crippen LogP contribution in [0.3, 0.4) is 0 Å². The lowest BCUT2D eigenvalue weighted by Gasteiger charge is -2.04. The summed E-state index contributed by atoms with van der Waals surface area (Å²) >= 11 is 0. The van der Waals surface area contributed by atoms with Crippen LogP contribution in [0.4, 0.5) is 0 Å². The van der Waals surface area contributed by atoms with Crippen LogP contribution in [0.25, 0.3) is 0 Å². The lowest BCUT2D eigenvalue weighted by Crippen LogP contribution is -2.16. The highest BCUT2D eigenvalue weighted by Gasteiger charge is 2.01. The molecule has 0 saturated heterocycles. The van der Waals surface area contributed by atoms with Gasteiger partial charge in [-0.25, -0.2) is 13.6 Å². The Morgan fingerprint density at radius 1 is 0.789 bits per heavy atom. The first kappa shape index (κ1) is 18.9. The smallest absolute Gasteiger partial charge is 0.209 e. The number of ether oxygens (including phenoxy) is 1. The van der Waals surface area contributed by atoms with Gasteiger partial charge in [0, 0.05) is 13.2 Å². The fourth-order valence-electron chi connectivity index (χ4n) is 1.95. The van der Waals surface area contributed by atoms with Gasteiger partial charge in [0.15, 0.2) is 0 Å². The average molecular weight is 293 g/mol. The summed E-state index contributed by atoms with van der Waals surface area (Å²) in [7, 11) is -3.27. The van der Waals surface area contributed by atoms with Crippen LogP contribution in [0.15, 0.2) is 0 Å². The molecule has 0 heterocycles. The van der Waals surface area contributed by atoms with Crippen LogP contribution in [0.2, 0.25) is 0 Å². The van der Waals surface area contributed by atoms with Crippen LogP contribution in [0.1, 0.15) is 71.1 Å². The number of hydrogen-bond donors (Lipinski definition) is 1. The maximum atomic E-state index is 10.7. The summed E-state index contributed by atoms with van der Waals surface area (Å²) in [6.07, 6.45) is 11.4. The molecule has 0 fully saturated rings. The van der Waals surface area contributed by atoms with Crippen LogP contribution in [0.5, 0.6) is 0 Å². The molecule has 0 aliphatic rings. The van der Waals surface area contributed by atoms with Crippen LogP contribution in [0, 0.1) is 0 Å². The van der Waals surface area contributed by atoms with Crippen molar-refractivity contribution in [3.8, 4) is 0 Å². The van der Waals surface area contributed by atoms with Gasteiger partial charge in [-0.2, -0.15) is 0 Å². The maximum Gasteiger partial charge on any atom is 0.209 e. The number of hydrogen-bond acceptors (Lipinski definition) is 3. The minimum atomic E-state index is -3.27. The molecular formula is C14H31NO3S. The van der Waals surface area contributed by atoms with Gasteiger partial charge in [-0.05, 0) is 19.3 Å². The Labute approximate surface area is 119 Å². The number of unbranched alkanes of at least 4 members (excludes halogenated alkanes) is 8. The van der Waals surface area contributed by atoms with Crippen molar-refractivity contribution < 1.29 is 13.2 Å². The maximum absolute atomic E-state index is 10.7. The van der Waals surface area contributed by atoms with Gasteiger partial charge in [-0.1, -0.05) is 51.9 Å². The molecule has 19 heavy (non-hydrogen) atoms. The molecule has 0 rings (SSSR count). The fourth-order valence-corrected chi connectivity index (χ4v) is 2.55. The van der Waals surface area contributed by atoms with Crippen molar-refractivity contribution in [1.29, 1.82) is 0 Å². The van der Waals surface area contributed by atoms with Gasteiger partial charge in [0.1, 0.15) is 0 Å². The number of rotatable bonds is 14. The molecule has 0 bridgehead atoms. The normalized spacial score (nSPS) is 11.9. The second-order valence-electron chi connectivity index (χ2n) is 5.16. The highest BCUT2D eigenvalue weighted by atomic mass is 32.2. The molecule has 2 N–H and O–H groups in total. The van der Waals surface area contributed by atoms with Crippen molar-refractivity contribution in [2.75, 3.05) is 19.0 Å². The molecule has 0 unspecified atom stereocenters. The summed E-state index contributed by atoms with van der Waals surface area (Å²) in [5.41, 5.74) is 0. The third-order valence-corrected chi connectivity index (χ3v) is 3.97. The third kappa shape index (κ3) is 17.9. The lowest BCUT2D eigenvalue weighted by molar-refractivity contribution is 0.126. The Balaban J connectivity index is 3.03. The topological polar surface area (TPSA) is 69.4 Å². The Hall–Kier alpha value is -0.130. The Morgan fingerprint density at radius 3 is 1.79 bits per heavy atom. The molecule has 0 amide bonds. The molecule has 0 aliphatic heterocycles. The third-order valence-electron chi connectivity index (χ3n) is 3.11. The van der Waals surface area contributed by atoms with Gasteiger partial charge in [0.2, 0.25) is 10.0 Å². The van der Waals surface area contributed by atoms with E-state index in [0.717, 1.165) is 38.9 Å². The quantitative estimate of drug-likeness (QED) is 0.500. The van der Waals surface area contributed by atoms with E-state index in [0.29, 0.717) is 6.42 Å². The molecular weight excluding hydrogens is 262 g/mol. The van der Waals surface area contributed by atoms with Crippen LogP contribution >= 0.6 is 0 Å². The zero-order chi connectivity index (χ0) is 14.4. The Kier molecular flexibility index (Phi) is 12.8. The predicted molar refractivity (Wildman–Crippen MR) is 80.6 cm³/mol. The van der Waals surface area contributed by atoms with Crippen molar-refractivity contribution in [2.45, 2.75) is 71.1 Å². The summed E-state index contributed by atoms with van der Waals surface area (Å²) in [5.74, 6) is 0.103. The molecule has 5 heteroatoms. The van der Waals surface area contributed by atoms with E-state index in [1.54, 1.807) is 0 Å². The molecule has 0 aliphatic carbocycles. The largest absolute Gasteiger partial charge is 0.381 e. The van der Waals surface area contributed by atoms with Crippen LogP contribution in [-0.2, 0) is 14.8 Å². The van der Waals surface area contributed by atoms with Gasteiger partial charge >= 0.3 is 0 Å². The van der Waals surface area contributed by atoms with E-state index in [9.17, 15) is 8.42 Å². The number of nitrogens with two attached hydrogens (primary N) is 1. The van der Waals surface area contributed by atoms with E-state index in [1.807, 2.05) is 0 Å². The lowest BCUT2D eigenvalue weighted by atomic mass is 10.1. The van der Waals surface area contributed by atoms with Gasteiger partial charge in [-0.15, -0.1) is 0 Å². The zero-order valence-electron chi connectivity index (χ0n) is 12.4. The zero-order valence-corrected chi connectivity index (χ0v) is 13.2. The predicted octanol–water partition coefficient (Wildman–Crippen LogP) is 3.21. The highest BCUT2D eigenvalue weighted by molar-refractivity contribution is 7.89. The molecule has 0 radical (unpaired) electrons. The number of sulfonamides is 1. The summed E-state index contributed by atoms with van der Waals surface area (Å²) in [5, 5.41) is 4.92. The first-order valence-electron chi connectivity index (χ1n) is 7.64. The first-order chi connectivity index (χ1) is 9.06. The summed E-state index contributed by atoms with van der Waals surface area (Å²) in [4.78, 5) is 0. The first-order valence-corrected chi connectivity index (χ1v) is 9.36. The highest BCUT2D eigenvalue weighted by Crippen LogP contribution is 2.05. The summed E-state index contributed by atoms with van der Waals surface area (Å²) < 4.78 is 26.9. The van der Waals surface area contributed by atoms with E-state index in [-0.39, 0.29) is 5.75 Å². The SMILES string of the molecule is CCCCCCCCOCCCCCCS(N)(=O)=O. The average Bonchev–Trinajstić information content (AvgIpc) is 2.34. The fraction of sp³-hybridized carbons (Fsp3) is 1.00. The molecule has 0 aromatic rings. The Bertz CT molecular complexity index is 278. The van der Waals surface area contributed by atoms with Crippen molar-refractivity contribution in [3.63, 3.8) is 0 Å². The summed E-state index contributed by atoms with van der Waals surface area (Å²) in [6, 6.07) is 0. The van der Waals surface area contributed by atoms with Gasteiger partial charge in [0.25, 0.3) is 0 Å². The second-order valence-corrected chi connectivity index (χ2v) is 6.90. The second kappa shape index (κ2) is 12.9. The molecule has 0 aromatic heterocycles. The molecule has 0 atom stereocenters. The van der Waals surface area contributed by atoms with Crippen LogP contribution < -0.4 is 5.14 Å². The van der Waals surface area contributed by atoms with E-state index >= 15 is 0 Å². The van der Waals surface area contributed by atoms with E-state index in [4.69, 9.17) is 9.88 Å². The minimum absolute atomic E-state index is 0.103. The van der Waals surface area contributed by atoms with E-state index in [2.05, 4.69) is 6.92 Å². The molecule has 116 valence electrons. The van der Waals surface area contributed by atoms with Crippen molar-refractivity contribution in [2.24, 2.45) is 5.14 Å². The van der Waals surface area contributed by atoms with Crippen molar-refractivity contribution in [1.82, 2.24) is 0 Å². The van der Waals surface area contributed by atoms with E-state index in [1.165, 1.54) is 32.1 Å². The standard InChI is InChI=1S/C14H31NO3S/c1-2-3-4-5-6-9-12-18-13-10-7-8-11-14-19(15,16)17/h2-14H2,1H3,(H2,15,16,17). The monoisotopic (exact) mass is 293 g/mol. The summed E-state index contributed by atoms with van der Waals surface area (Å²) in [6.45, 7) is 3.89.